The minimum Gasteiger partial charge on any atom is -0.385 e. The molecular weight excluding hydrogens is 232 g/mol. The maximum absolute atomic E-state index is 5.03. The predicted octanol–water partition coefficient (Wildman–Crippen LogP) is 2.67. The first kappa shape index (κ1) is 13.2. The number of nitrogens with one attached hydrogen (secondary N) is 1. The van der Waals surface area contributed by atoms with Gasteiger partial charge in [0.15, 0.2) is 5.17 Å². The van der Waals surface area contributed by atoms with E-state index in [1.165, 1.54) is 37.9 Å². The second-order valence-corrected chi connectivity index (χ2v) is 6.21. The van der Waals surface area contributed by atoms with Gasteiger partial charge in [0.05, 0.1) is 0 Å². The van der Waals surface area contributed by atoms with E-state index in [2.05, 4.69) is 5.32 Å². The van der Waals surface area contributed by atoms with Crippen LogP contribution in [0.3, 0.4) is 0 Å². The van der Waals surface area contributed by atoms with Crippen LogP contribution < -0.4 is 5.32 Å². The fraction of sp³-hybridized carbons (Fsp3) is 0.923. The maximum atomic E-state index is 5.03. The van der Waals surface area contributed by atoms with Gasteiger partial charge in [0, 0.05) is 32.6 Å². The minimum absolute atomic E-state index is 0.542. The van der Waals surface area contributed by atoms with Gasteiger partial charge >= 0.3 is 0 Å². The lowest BCUT2D eigenvalue weighted by atomic mass is 9.75. The summed E-state index contributed by atoms with van der Waals surface area (Å²) in [6.07, 6.45) is 8.08. The van der Waals surface area contributed by atoms with Crippen LogP contribution in [0, 0.1) is 5.41 Å². The van der Waals surface area contributed by atoms with Gasteiger partial charge in [-0.25, -0.2) is 0 Å². The lowest BCUT2D eigenvalue weighted by Gasteiger charge is -2.38. The average Bonchev–Trinajstić information content (AvgIpc) is 2.38. The number of rotatable bonds is 4. The van der Waals surface area contributed by atoms with Crippen LogP contribution in [0.5, 0.6) is 0 Å². The minimum atomic E-state index is 0.542. The van der Waals surface area contributed by atoms with Crippen LogP contribution in [0.25, 0.3) is 0 Å². The maximum Gasteiger partial charge on any atom is 0.156 e. The normalized spacial score (nSPS) is 23.5. The molecule has 0 aromatic rings. The first-order chi connectivity index (χ1) is 8.35. The standard InChI is InChI=1S/C13H24N2OS/c1-16-9-5-8-14-12-15-10-13(11-17-12)6-3-2-4-7-13/h2-11H2,1H3,(H,14,15). The molecule has 1 aliphatic heterocycles. The Hall–Kier alpha value is -0.220. The molecule has 1 saturated carbocycles. The Morgan fingerprint density at radius 1 is 1.35 bits per heavy atom. The highest BCUT2D eigenvalue weighted by molar-refractivity contribution is 8.13. The van der Waals surface area contributed by atoms with E-state index in [9.17, 15) is 0 Å². The summed E-state index contributed by atoms with van der Waals surface area (Å²) in [4.78, 5) is 4.73. The van der Waals surface area contributed by atoms with E-state index in [0.29, 0.717) is 5.41 Å². The molecule has 1 heterocycles. The molecule has 17 heavy (non-hydrogen) atoms. The highest BCUT2D eigenvalue weighted by Gasteiger charge is 2.34. The number of hydrogen-bond acceptors (Lipinski definition) is 4. The van der Waals surface area contributed by atoms with E-state index in [1.807, 2.05) is 11.8 Å². The molecule has 0 amide bonds. The number of nitrogens with zero attached hydrogens (tertiary/aromatic N) is 1. The third kappa shape index (κ3) is 3.88. The molecule has 4 heteroatoms. The molecule has 0 saturated heterocycles. The summed E-state index contributed by atoms with van der Waals surface area (Å²) in [5.74, 6) is 1.27. The van der Waals surface area contributed by atoms with Crippen molar-refractivity contribution in [1.82, 2.24) is 5.32 Å². The molecule has 0 radical (unpaired) electrons. The van der Waals surface area contributed by atoms with Crippen LogP contribution in [0.1, 0.15) is 38.5 Å². The second-order valence-electron chi connectivity index (χ2n) is 5.24. The molecule has 0 unspecified atom stereocenters. The summed E-state index contributed by atoms with van der Waals surface area (Å²) in [6.45, 7) is 2.86. The molecule has 1 aliphatic carbocycles. The van der Waals surface area contributed by atoms with Crippen molar-refractivity contribution in [2.24, 2.45) is 10.4 Å². The van der Waals surface area contributed by atoms with Crippen LogP contribution in [-0.4, -0.2) is 37.7 Å². The number of ether oxygens (including phenoxy) is 1. The van der Waals surface area contributed by atoms with Gasteiger partial charge in [0.25, 0.3) is 0 Å². The summed E-state index contributed by atoms with van der Waals surface area (Å²) in [5, 5.41) is 4.56. The van der Waals surface area contributed by atoms with Gasteiger partial charge in [-0.15, -0.1) is 0 Å². The van der Waals surface area contributed by atoms with Crippen LogP contribution in [0.2, 0.25) is 0 Å². The number of thioether (sulfide) groups is 1. The van der Waals surface area contributed by atoms with E-state index < -0.39 is 0 Å². The quantitative estimate of drug-likeness (QED) is 0.785. The molecule has 98 valence electrons. The lowest BCUT2D eigenvalue weighted by Crippen LogP contribution is -2.37. The monoisotopic (exact) mass is 256 g/mol. The Balaban J connectivity index is 1.72. The molecule has 2 aliphatic rings. The molecule has 0 aromatic carbocycles. The van der Waals surface area contributed by atoms with Crippen molar-refractivity contribution in [2.45, 2.75) is 38.5 Å². The molecular formula is C13H24N2OS. The number of aliphatic imine (C=N–C) groups is 1. The first-order valence-electron chi connectivity index (χ1n) is 6.75. The Kier molecular flexibility index (Phi) is 5.16. The van der Waals surface area contributed by atoms with Gasteiger partial charge in [-0.2, -0.15) is 0 Å². The molecule has 0 aromatic heterocycles. The van der Waals surface area contributed by atoms with E-state index in [0.717, 1.165) is 31.3 Å². The summed E-state index contributed by atoms with van der Waals surface area (Å²) in [6, 6.07) is 0. The van der Waals surface area contributed by atoms with Gasteiger partial charge in [0.2, 0.25) is 0 Å². The van der Waals surface area contributed by atoms with E-state index in [-0.39, 0.29) is 0 Å². The number of methoxy groups -OCH3 is 1. The van der Waals surface area contributed by atoms with Gasteiger partial charge in [-0.3, -0.25) is 4.99 Å². The van der Waals surface area contributed by atoms with Crippen molar-refractivity contribution in [3.05, 3.63) is 0 Å². The lowest BCUT2D eigenvalue weighted by molar-refractivity contribution is 0.195. The fourth-order valence-corrected chi connectivity index (χ4v) is 3.86. The topological polar surface area (TPSA) is 33.6 Å². The SMILES string of the molecule is COCCCNC1=NCC2(CCCCC2)CS1. The Labute approximate surface area is 109 Å². The average molecular weight is 256 g/mol. The molecule has 0 atom stereocenters. The van der Waals surface area contributed by atoms with Gasteiger partial charge in [0.1, 0.15) is 0 Å². The predicted molar refractivity (Wildman–Crippen MR) is 74.8 cm³/mol. The number of hydrogen-bond donors (Lipinski definition) is 1. The van der Waals surface area contributed by atoms with Crippen LogP contribution in [-0.2, 0) is 4.74 Å². The van der Waals surface area contributed by atoms with Crippen LogP contribution in [0.15, 0.2) is 4.99 Å². The molecule has 2 rings (SSSR count). The third-order valence-electron chi connectivity index (χ3n) is 3.79. The van der Waals surface area contributed by atoms with E-state index in [1.54, 1.807) is 7.11 Å². The molecule has 1 spiro atoms. The summed E-state index contributed by atoms with van der Waals surface area (Å²) >= 11 is 1.92. The van der Waals surface area contributed by atoms with E-state index in [4.69, 9.17) is 9.73 Å². The second kappa shape index (κ2) is 6.64. The molecule has 3 nitrogen and oxygen atoms in total. The smallest absolute Gasteiger partial charge is 0.156 e. The van der Waals surface area contributed by atoms with Crippen molar-refractivity contribution in [3.8, 4) is 0 Å². The third-order valence-corrected chi connectivity index (χ3v) is 5.09. The molecule has 1 fully saturated rings. The van der Waals surface area contributed by atoms with Gasteiger partial charge in [-0.1, -0.05) is 31.0 Å². The van der Waals surface area contributed by atoms with Crippen molar-refractivity contribution >= 4 is 16.9 Å². The van der Waals surface area contributed by atoms with Gasteiger partial charge in [-0.05, 0) is 24.7 Å². The first-order valence-corrected chi connectivity index (χ1v) is 7.73. The van der Waals surface area contributed by atoms with Gasteiger partial charge < -0.3 is 10.1 Å². The van der Waals surface area contributed by atoms with Crippen molar-refractivity contribution in [3.63, 3.8) is 0 Å². The zero-order valence-corrected chi connectivity index (χ0v) is 11.7. The Bertz CT molecular complexity index is 262. The summed E-state index contributed by atoms with van der Waals surface area (Å²) < 4.78 is 5.03. The van der Waals surface area contributed by atoms with Crippen molar-refractivity contribution in [2.75, 3.05) is 32.6 Å². The van der Waals surface area contributed by atoms with Crippen LogP contribution >= 0.6 is 11.8 Å². The highest BCUT2D eigenvalue weighted by atomic mass is 32.2. The molecule has 0 bridgehead atoms. The zero-order chi connectivity index (χ0) is 12.0. The summed E-state index contributed by atoms with van der Waals surface area (Å²) in [7, 11) is 1.75. The van der Waals surface area contributed by atoms with E-state index >= 15 is 0 Å². The van der Waals surface area contributed by atoms with Crippen molar-refractivity contribution < 1.29 is 4.74 Å². The highest BCUT2D eigenvalue weighted by Crippen LogP contribution is 2.41. The van der Waals surface area contributed by atoms with Crippen LogP contribution in [0.4, 0.5) is 0 Å². The Morgan fingerprint density at radius 2 is 2.18 bits per heavy atom. The largest absolute Gasteiger partial charge is 0.385 e. The summed E-state index contributed by atoms with van der Waals surface area (Å²) in [5.41, 5.74) is 0.542. The Morgan fingerprint density at radius 3 is 2.82 bits per heavy atom. The fourth-order valence-electron chi connectivity index (χ4n) is 2.68. The van der Waals surface area contributed by atoms with Crippen molar-refractivity contribution in [1.29, 1.82) is 0 Å². The number of amidine groups is 1. The zero-order valence-electron chi connectivity index (χ0n) is 10.8. The molecule has 1 N–H and O–H groups in total.